The summed E-state index contributed by atoms with van der Waals surface area (Å²) in [5.41, 5.74) is 1.26. The Morgan fingerprint density at radius 2 is 1.96 bits per heavy atom. The number of thiazole rings is 1. The van der Waals surface area contributed by atoms with E-state index in [1.807, 2.05) is 35.7 Å². The number of benzene rings is 1. The zero-order valence-corrected chi connectivity index (χ0v) is 17.3. The number of rotatable bonds is 6. The van der Waals surface area contributed by atoms with Gasteiger partial charge in [-0.2, -0.15) is 0 Å². The zero-order valence-electron chi connectivity index (χ0n) is 16.5. The number of nitrogens with zero attached hydrogens (tertiary/aromatic N) is 2. The molecule has 1 aliphatic heterocycles. The largest absolute Gasteiger partial charge is 0.350 e. The van der Waals surface area contributed by atoms with Crippen molar-refractivity contribution in [3.63, 3.8) is 0 Å². The van der Waals surface area contributed by atoms with Crippen LogP contribution >= 0.6 is 11.3 Å². The molecule has 0 spiro atoms. The smallest absolute Gasteiger partial charge is 0.245 e. The van der Waals surface area contributed by atoms with E-state index in [1.165, 1.54) is 6.08 Å². The second kappa shape index (κ2) is 8.69. The van der Waals surface area contributed by atoms with Crippen LogP contribution in [-0.4, -0.2) is 34.8 Å². The van der Waals surface area contributed by atoms with Crippen LogP contribution in [0.15, 0.2) is 48.4 Å². The summed E-state index contributed by atoms with van der Waals surface area (Å²) in [7, 11) is 0. The van der Waals surface area contributed by atoms with Gasteiger partial charge >= 0.3 is 0 Å². The van der Waals surface area contributed by atoms with Crippen molar-refractivity contribution in [2.24, 2.45) is 0 Å². The van der Waals surface area contributed by atoms with Crippen molar-refractivity contribution < 1.29 is 9.59 Å². The predicted molar refractivity (Wildman–Crippen MR) is 112 cm³/mol. The molecule has 0 unspecified atom stereocenters. The molecule has 0 atom stereocenters. The van der Waals surface area contributed by atoms with E-state index < -0.39 is 5.41 Å². The standard InChI is InChI=1S/C22H27N3O2S/c1-4-19(26)25-12-10-22(11-13-25,17-8-6-5-7-9-17)21(27)23-14-18-15-28-20(24-18)16(2)3/h4-9,15-16H,1,10-14H2,2-3H3,(H,23,27). The molecule has 2 amide bonds. The number of amides is 2. The third-order valence-electron chi connectivity index (χ3n) is 5.36. The quantitative estimate of drug-likeness (QED) is 0.757. The molecule has 3 rings (SSSR count). The maximum Gasteiger partial charge on any atom is 0.245 e. The van der Waals surface area contributed by atoms with Crippen LogP contribution in [0.2, 0.25) is 0 Å². The summed E-state index contributed by atoms with van der Waals surface area (Å²) in [6, 6.07) is 9.88. The first kappa shape index (κ1) is 20.3. The Labute approximate surface area is 170 Å². The van der Waals surface area contributed by atoms with Gasteiger partial charge in [0.05, 0.1) is 22.7 Å². The van der Waals surface area contributed by atoms with Crippen LogP contribution in [-0.2, 0) is 21.5 Å². The van der Waals surface area contributed by atoms with Gasteiger partial charge in [-0.25, -0.2) is 4.98 Å². The molecule has 2 aromatic rings. The summed E-state index contributed by atoms with van der Waals surface area (Å²) in [6.07, 6.45) is 2.53. The highest BCUT2D eigenvalue weighted by atomic mass is 32.1. The summed E-state index contributed by atoms with van der Waals surface area (Å²) in [6.45, 7) is 9.30. The van der Waals surface area contributed by atoms with Gasteiger partial charge in [-0.1, -0.05) is 50.8 Å². The first-order chi connectivity index (χ1) is 13.5. The highest BCUT2D eigenvalue weighted by Gasteiger charge is 2.43. The Hall–Kier alpha value is -2.47. The summed E-state index contributed by atoms with van der Waals surface area (Å²) in [5.74, 6) is 0.311. The Bertz CT molecular complexity index is 836. The van der Waals surface area contributed by atoms with Crippen molar-refractivity contribution in [2.75, 3.05) is 13.1 Å². The molecule has 2 heterocycles. The van der Waals surface area contributed by atoms with Gasteiger partial charge in [-0.05, 0) is 24.5 Å². The average molecular weight is 398 g/mol. The molecule has 0 bridgehead atoms. The molecule has 6 heteroatoms. The van der Waals surface area contributed by atoms with E-state index in [4.69, 9.17) is 0 Å². The van der Waals surface area contributed by atoms with E-state index in [9.17, 15) is 9.59 Å². The van der Waals surface area contributed by atoms with Gasteiger partial charge < -0.3 is 10.2 Å². The number of piperidine rings is 1. The SMILES string of the molecule is C=CC(=O)N1CCC(C(=O)NCc2csc(C(C)C)n2)(c2ccccc2)CC1. The van der Waals surface area contributed by atoms with Gasteiger partial charge in [0, 0.05) is 24.4 Å². The molecule has 1 saturated heterocycles. The fourth-order valence-electron chi connectivity index (χ4n) is 3.65. The fraction of sp³-hybridized carbons (Fsp3) is 0.409. The van der Waals surface area contributed by atoms with E-state index in [2.05, 4.69) is 30.7 Å². The second-order valence-electron chi connectivity index (χ2n) is 7.49. The van der Waals surface area contributed by atoms with Crippen molar-refractivity contribution >= 4 is 23.2 Å². The number of carbonyl (C=O) groups is 2. The van der Waals surface area contributed by atoms with Gasteiger partial charge in [0.2, 0.25) is 11.8 Å². The fourth-order valence-corrected chi connectivity index (χ4v) is 4.49. The van der Waals surface area contributed by atoms with Crippen molar-refractivity contribution in [3.8, 4) is 0 Å². The minimum atomic E-state index is -0.629. The van der Waals surface area contributed by atoms with Crippen LogP contribution in [0, 0.1) is 0 Å². The third kappa shape index (κ3) is 4.17. The molecule has 0 radical (unpaired) electrons. The number of carbonyl (C=O) groups excluding carboxylic acids is 2. The molecule has 5 nitrogen and oxygen atoms in total. The summed E-state index contributed by atoms with van der Waals surface area (Å²) in [5, 5.41) is 6.19. The number of hydrogen-bond donors (Lipinski definition) is 1. The second-order valence-corrected chi connectivity index (χ2v) is 8.38. The van der Waals surface area contributed by atoms with Crippen molar-refractivity contribution in [3.05, 3.63) is 64.6 Å². The summed E-state index contributed by atoms with van der Waals surface area (Å²) in [4.78, 5) is 31.6. The predicted octanol–water partition coefficient (Wildman–Crippen LogP) is 3.63. The molecule has 1 fully saturated rings. The van der Waals surface area contributed by atoms with E-state index in [1.54, 1.807) is 16.2 Å². The zero-order chi connectivity index (χ0) is 20.1. The van der Waals surface area contributed by atoms with E-state index >= 15 is 0 Å². The molecule has 148 valence electrons. The first-order valence-electron chi connectivity index (χ1n) is 9.66. The molecular formula is C22H27N3O2S. The molecule has 1 aliphatic rings. The maximum absolute atomic E-state index is 13.3. The molecule has 28 heavy (non-hydrogen) atoms. The number of hydrogen-bond acceptors (Lipinski definition) is 4. The topological polar surface area (TPSA) is 62.3 Å². The maximum atomic E-state index is 13.3. The molecule has 0 aliphatic carbocycles. The summed E-state index contributed by atoms with van der Waals surface area (Å²) < 4.78 is 0. The van der Waals surface area contributed by atoms with Gasteiger partial charge in [-0.3, -0.25) is 9.59 Å². The Balaban J connectivity index is 1.76. The third-order valence-corrected chi connectivity index (χ3v) is 6.55. The summed E-state index contributed by atoms with van der Waals surface area (Å²) >= 11 is 1.63. The number of nitrogens with one attached hydrogen (secondary N) is 1. The lowest BCUT2D eigenvalue weighted by Gasteiger charge is -2.40. The van der Waals surface area contributed by atoms with Gasteiger partial charge in [-0.15, -0.1) is 11.3 Å². The van der Waals surface area contributed by atoms with E-state index in [0.29, 0.717) is 38.4 Å². The van der Waals surface area contributed by atoms with Gasteiger partial charge in [0.1, 0.15) is 0 Å². The van der Waals surface area contributed by atoms with Gasteiger partial charge in [0.15, 0.2) is 0 Å². The Morgan fingerprint density at radius 3 is 2.54 bits per heavy atom. The lowest BCUT2D eigenvalue weighted by molar-refractivity contribution is -0.134. The molecule has 1 N–H and O–H groups in total. The van der Waals surface area contributed by atoms with E-state index in [-0.39, 0.29) is 11.8 Å². The minimum absolute atomic E-state index is 0.00324. The number of likely N-dealkylation sites (tertiary alicyclic amines) is 1. The van der Waals surface area contributed by atoms with Gasteiger partial charge in [0.25, 0.3) is 0 Å². The average Bonchev–Trinajstić information content (AvgIpc) is 3.21. The molecule has 1 aromatic heterocycles. The van der Waals surface area contributed by atoms with Crippen molar-refractivity contribution in [2.45, 2.75) is 44.6 Å². The molecule has 0 saturated carbocycles. The highest BCUT2D eigenvalue weighted by molar-refractivity contribution is 7.09. The van der Waals surface area contributed by atoms with Crippen LogP contribution in [0.1, 0.15) is 48.9 Å². The van der Waals surface area contributed by atoms with Crippen LogP contribution in [0.3, 0.4) is 0 Å². The lowest BCUT2D eigenvalue weighted by atomic mass is 9.72. The van der Waals surface area contributed by atoms with E-state index in [0.717, 1.165) is 16.3 Å². The van der Waals surface area contributed by atoms with Crippen LogP contribution in [0.25, 0.3) is 0 Å². The normalized spacial score (nSPS) is 16.0. The highest BCUT2D eigenvalue weighted by Crippen LogP contribution is 2.36. The van der Waals surface area contributed by atoms with Crippen molar-refractivity contribution in [1.82, 2.24) is 15.2 Å². The minimum Gasteiger partial charge on any atom is -0.350 e. The van der Waals surface area contributed by atoms with Crippen LogP contribution in [0.4, 0.5) is 0 Å². The van der Waals surface area contributed by atoms with Crippen molar-refractivity contribution in [1.29, 1.82) is 0 Å². The van der Waals surface area contributed by atoms with Crippen LogP contribution < -0.4 is 5.32 Å². The van der Waals surface area contributed by atoms with Crippen LogP contribution in [0.5, 0.6) is 0 Å². The first-order valence-corrected chi connectivity index (χ1v) is 10.5. The monoisotopic (exact) mass is 397 g/mol. The Morgan fingerprint density at radius 1 is 1.29 bits per heavy atom. The molecule has 1 aromatic carbocycles. The molecular weight excluding hydrogens is 370 g/mol. The lowest BCUT2D eigenvalue weighted by Crippen LogP contribution is -2.52. The Kier molecular flexibility index (Phi) is 6.29. The number of aromatic nitrogens is 1.